The Kier molecular flexibility index (Phi) is 6.18. The Balaban J connectivity index is 2.16. The molecule has 1 aliphatic rings. The van der Waals surface area contributed by atoms with Crippen molar-refractivity contribution in [3.8, 4) is 0 Å². The highest BCUT2D eigenvalue weighted by molar-refractivity contribution is 7.99. The molecule has 0 spiro atoms. The Labute approximate surface area is 122 Å². The van der Waals surface area contributed by atoms with Crippen LogP contribution in [0.2, 0.25) is 0 Å². The van der Waals surface area contributed by atoms with Gasteiger partial charge in [0.1, 0.15) is 5.03 Å². The van der Waals surface area contributed by atoms with E-state index in [-0.39, 0.29) is 0 Å². The molecule has 2 heterocycles. The minimum Gasteiger partial charge on any atom is -0.296 e. The van der Waals surface area contributed by atoms with E-state index in [9.17, 15) is 0 Å². The van der Waals surface area contributed by atoms with Crippen molar-refractivity contribution in [3.63, 3.8) is 0 Å². The number of thioether (sulfide) groups is 1. The first kappa shape index (κ1) is 14.9. The van der Waals surface area contributed by atoms with Gasteiger partial charge in [-0.05, 0) is 44.2 Å². The highest BCUT2D eigenvalue weighted by Gasteiger charge is 2.25. The van der Waals surface area contributed by atoms with Crippen molar-refractivity contribution < 1.29 is 0 Å². The number of likely N-dealkylation sites (tertiary alicyclic amines) is 1. The van der Waals surface area contributed by atoms with E-state index in [1.165, 1.54) is 55.8 Å². The van der Waals surface area contributed by atoms with Crippen LogP contribution in [0.4, 0.5) is 0 Å². The maximum Gasteiger partial charge on any atom is 0.101 e. The van der Waals surface area contributed by atoms with Gasteiger partial charge in [0.05, 0.1) is 0 Å². The molecule has 1 fully saturated rings. The van der Waals surface area contributed by atoms with Gasteiger partial charge in [-0.15, -0.1) is 11.8 Å². The number of rotatable bonds is 6. The monoisotopic (exact) mass is 278 g/mol. The molecule has 1 atom stereocenters. The molecule has 0 aromatic carbocycles. The van der Waals surface area contributed by atoms with Crippen molar-refractivity contribution in [2.24, 2.45) is 0 Å². The average Bonchev–Trinajstić information content (AvgIpc) is 2.46. The van der Waals surface area contributed by atoms with E-state index in [4.69, 9.17) is 0 Å². The molecule has 1 aromatic heterocycles. The summed E-state index contributed by atoms with van der Waals surface area (Å²) in [5.41, 5.74) is 1.46. The summed E-state index contributed by atoms with van der Waals surface area (Å²) in [7, 11) is 0. The third-order valence-corrected chi connectivity index (χ3v) is 4.76. The van der Waals surface area contributed by atoms with Crippen LogP contribution in [0.25, 0.3) is 0 Å². The molecular weight excluding hydrogens is 252 g/mol. The standard InChI is InChI=1S/C16H26N2S/c1-3-5-12-18-13-7-6-10-15(18)14-9-8-11-17-16(14)19-4-2/h8-9,11,15H,3-7,10,12-13H2,1-2H3/t15-/m1/s1. The van der Waals surface area contributed by atoms with Gasteiger partial charge in [-0.25, -0.2) is 4.98 Å². The molecule has 19 heavy (non-hydrogen) atoms. The van der Waals surface area contributed by atoms with Crippen molar-refractivity contribution in [1.29, 1.82) is 0 Å². The zero-order chi connectivity index (χ0) is 13.5. The number of hydrogen-bond acceptors (Lipinski definition) is 3. The van der Waals surface area contributed by atoms with Gasteiger partial charge < -0.3 is 0 Å². The number of pyridine rings is 1. The van der Waals surface area contributed by atoms with Gasteiger partial charge in [0.2, 0.25) is 0 Å². The first-order valence-electron chi connectivity index (χ1n) is 7.68. The quantitative estimate of drug-likeness (QED) is 0.712. The third kappa shape index (κ3) is 3.96. The Morgan fingerprint density at radius 2 is 2.26 bits per heavy atom. The van der Waals surface area contributed by atoms with Gasteiger partial charge in [0.15, 0.2) is 0 Å². The Hall–Kier alpha value is -0.540. The minimum atomic E-state index is 0.600. The second kappa shape index (κ2) is 7.91. The number of hydrogen-bond donors (Lipinski definition) is 0. The van der Waals surface area contributed by atoms with E-state index < -0.39 is 0 Å². The summed E-state index contributed by atoms with van der Waals surface area (Å²) < 4.78 is 0. The molecular formula is C16H26N2S. The van der Waals surface area contributed by atoms with Gasteiger partial charge in [-0.3, -0.25) is 4.90 Å². The summed E-state index contributed by atoms with van der Waals surface area (Å²) in [6, 6.07) is 4.99. The molecule has 1 aliphatic heterocycles. The fraction of sp³-hybridized carbons (Fsp3) is 0.688. The zero-order valence-corrected chi connectivity index (χ0v) is 13.1. The highest BCUT2D eigenvalue weighted by atomic mass is 32.2. The molecule has 2 rings (SSSR count). The SMILES string of the molecule is CCCCN1CCCC[C@@H]1c1cccnc1SCC. The summed E-state index contributed by atoms with van der Waals surface area (Å²) >= 11 is 1.88. The molecule has 0 saturated carbocycles. The smallest absolute Gasteiger partial charge is 0.101 e. The van der Waals surface area contributed by atoms with Crippen molar-refractivity contribution in [2.75, 3.05) is 18.8 Å². The van der Waals surface area contributed by atoms with E-state index in [1.807, 2.05) is 18.0 Å². The van der Waals surface area contributed by atoms with Gasteiger partial charge in [-0.1, -0.05) is 32.8 Å². The van der Waals surface area contributed by atoms with E-state index in [2.05, 4.69) is 35.9 Å². The summed E-state index contributed by atoms with van der Waals surface area (Å²) in [5, 5.41) is 1.25. The molecule has 0 amide bonds. The molecule has 0 unspecified atom stereocenters. The van der Waals surface area contributed by atoms with Crippen LogP contribution in [0.15, 0.2) is 23.4 Å². The van der Waals surface area contributed by atoms with Crippen LogP contribution in [0.1, 0.15) is 57.6 Å². The molecule has 0 N–H and O–H groups in total. The maximum absolute atomic E-state index is 4.59. The predicted molar refractivity (Wildman–Crippen MR) is 83.7 cm³/mol. The molecule has 2 nitrogen and oxygen atoms in total. The molecule has 1 aromatic rings. The fourth-order valence-corrected chi connectivity index (χ4v) is 3.67. The molecule has 3 heteroatoms. The van der Waals surface area contributed by atoms with Crippen LogP contribution in [-0.2, 0) is 0 Å². The number of aromatic nitrogens is 1. The van der Waals surface area contributed by atoms with Gasteiger partial charge in [-0.2, -0.15) is 0 Å². The lowest BCUT2D eigenvalue weighted by atomic mass is 9.96. The molecule has 0 aliphatic carbocycles. The van der Waals surface area contributed by atoms with E-state index in [0.29, 0.717) is 6.04 Å². The molecule has 106 valence electrons. The lowest BCUT2D eigenvalue weighted by Crippen LogP contribution is -2.34. The lowest BCUT2D eigenvalue weighted by Gasteiger charge is -2.36. The molecule has 0 bridgehead atoms. The van der Waals surface area contributed by atoms with E-state index in [1.54, 1.807) is 0 Å². The first-order chi connectivity index (χ1) is 9.36. The average molecular weight is 278 g/mol. The Morgan fingerprint density at radius 3 is 3.05 bits per heavy atom. The second-order valence-electron chi connectivity index (χ2n) is 5.23. The summed E-state index contributed by atoms with van der Waals surface area (Å²) in [4.78, 5) is 7.28. The molecule has 0 radical (unpaired) electrons. The minimum absolute atomic E-state index is 0.600. The van der Waals surface area contributed by atoms with Crippen LogP contribution in [0.3, 0.4) is 0 Å². The van der Waals surface area contributed by atoms with Crippen molar-refractivity contribution in [1.82, 2.24) is 9.88 Å². The zero-order valence-electron chi connectivity index (χ0n) is 12.3. The van der Waals surface area contributed by atoms with Crippen LogP contribution < -0.4 is 0 Å². The Morgan fingerprint density at radius 1 is 1.37 bits per heavy atom. The summed E-state index contributed by atoms with van der Waals surface area (Å²) in [6.07, 6.45) is 8.54. The van der Waals surface area contributed by atoms with Gasteiger partial charge >= 0.3 is 0 Å². The van der Waals surface area contributed by atoms with Crippen molar-refractivity contribution >= 4 is 11.8 Å². The normalized spacial score (nSPS) is 20.6. The van der Waals surface area contributed by atoms with E-state index >= 15 is 0 Å². The fourth-order valence-electron chi connectivity index (χ4n) is 2.89. The van der Waals surface area contributed by atoms with Gasteiger partial charge in [0, 0.05) is 17.8 Å². The van der Waals surface area contributed by atoms with Crippen LogP contribution in [-0.4, -0.2) is 28.7 Å². The van der Waals surface area contributed by atoms with Crippen molar-refractivity contribution in [2.45, 2.75) is 57.0 Å². The summed E-state index contributed by atoms with van der Waals surface area (Å²) in [6.45, 7) is 6.99. The van der Waals surface area contributed by atoms with Crippen LogP contribution in [0.5, 0.6) is 0 Å². The predicted octanol–water partition coefficient (Wildman–Crippen LogP) is 4.52. The van der Waals surface area contributed by atoms with Crippen LogP contribution >= 0.6 is 11.8 Å². The lowest BCUT2D eigenvalue weighted by molar-refractivity contribution is 0.144. The third-order valence-electron chi connectivity index (χ3n) is 3.85. The van der Waals surface area contributed by atoms with E-state index in [0.717, 1.165) is 5.75 Å². The number of piperidine rings is 1. The summed E-state index contributed by atoms with van der Waals surface area (Å²) in [5.74, 6) is 1.10. The topological polar surface area (TPSA) is 16.1 Å². The highest BCUT2D eigenvalue weighted by Crippen LogP contribution is 2.35. The molecule has 1 saturated heterocycles. The maximum atomic E-state index is 4.59. The second-order valence-corrected chi connectivity index (χ2v) is 6.48. The van der Waals surface area contributed by atoms with Gasteiger partial charge in [0.25, 0.3) is 0 Å². The number of nitrogens with zero attached hydrogens (tertiary/aromatic N) is 2. The number of unbranched alkanes of at least 4 members (excludes halogenated alkanes) is 1. The Bertz CT molecular complexity index is 381. The largest absolute Gasteiger partial charge is 0.296 e. The van der Waals surface area contributed by atoms with Crippen LogP contribution in [0, 0.1) is 0 Å². The first-order valence-corrected chi connectivity index (χ1v) is 8.67. The van der Waals surface area contributed by atoms with Crippen molar-refractivity contribution in [3.05, 3.63) is 23.9 Å².